The Morgan fingerprint density at radius 1 is 1.35 bits per heavy atom. The van der Waals surface area contributed by atoms with Gasteiger partial charge in [0.1, 0.15) is 11.6 Å². The van der Waals surface area contributed by atoms with Crippen LogP contribution in [0.2, 0.25) is 0 Å². The number of amides is 1. The number of fused-ring (bicyclic) bond motifs is 1. The van der Waals surface area contributed by atoms with Gasteiger partial charge in [0.25, 0.3) is 5.91 Å². The van der Waals surface area contributed by atoms with Crippen LogP contribution in [0.25, 0.3) is 11.4 Å². The third kappa shape index (κ3) is 2.82. The third-order valence-electron chi connectivity index (χ3n) is 4.32. The van der Waals surface area contributed by atoms with Crippen molar-refractivity contribution in [2.75, 3.05) is 20.7 Å². The van der Waals surface area contributed by atoms with Crippen LogP contribution in [0.3, 0.4) is 0 Å². The Morgan fingerprint density at radius 2 is 2.13 bits per heavy atom. The second-order valence-electron chi connectivity index (χ2n) is 6.02. The van der Waals surface area contributed by atoms with Crippen LogP contribution in [-0.2, 0) is 13.1 Å². The third-order valence-corrected chi connectivity index (χ3v) is 4.32. The number of rotatable bonds is 3. The lowest BCUT2D eigenvalue weighted by atomic mass is 10.1. The summed E-state index contributed by atoms with van der Waals surface area (Å²) in [6, 6.07) is 5.88. The molecule has 2 heterocycles. The van der Waals surface area contributed by atoms with Gasteiger partial charge >= 0.3 is 0 Å². The normalized spacial score (nSPS) is 15.1. The van der Waals surface area contributed by atoms with Crippen LogP contribution in [0.1, 0.15) is 28.2 Å². The van der Waals surface area contributed by atoms with Gasteiger partial charge in [-0.05, 0) is 50.7 Å². The predicted octanol–water partition coefficient (Wildman–Crippen LogP) is 1.80. The zero-order valence-electron chi connectivity index (χ0n) is 13.8. The maximum atomic E-state index is 11.8. The van der Waals surface area contributed by atoms with Gasteiger partial charge in [0.2, 0.25) is 0 Å². The minimum Gasteiger partial charge on any atom is -0.497 e. The molecule has 0 fully saturated rings. The number of hydrogen-bond acceptors (Lipinski definition) is 4. The molecule has 3 rings (SSSR count). The zero-order chi connectivity index (χ0) is 16.6. The standard InChI is InChI=1S/C17H22N4O2/c1-11-9-12(23-3)5-6-13(11)17-19-15(16(18)22)14-10-20(2)7-4-8-21(14)17/h5-6,9H,4,7-8,10H2,1-3H3,(H2,18,22). The number of nitrogens with zero attached hydrogens (tertiary/aromatic N) is 3. The van der Waals surface area contributed by atoms with E-state index in [-0.39, 0.29) is 0 Å². The minimum atomic E-state index is -0.471. The summed E-state index contributed by atoms with van der Waals surface area (Å²) in [4.78, 5) is 18.6. The van der Waals surface area contributed by atoms with E-state index in [4.69, 9.17) is 10.5 Å². The molecule has 0 saturated carbocycles. The van der Waals surface area contributed by atoms with Crippen molar-refractivity contribution in [1.82, 2.24) is 14.5 Å². The molecule has 0 aliphatic carbocycles. The van der Waals surface area contributed by atoms with Gasteiger partial charge in [-0.2, -0.15) is 0 Å². The lowest BCUT2D eigenvalue weighted by Gasteiger charge is -2.12. The first-order valence-corrected chi connectivity index (χ1v) is 7.74. The molecule has 1 aromatic heterocycles. The first-order valence-electron chi connectivity index (χ1n) is 7.74. The number of methoxy groups -OCH3 is 1. The van der Waals surface area contributed by atoms with Crippen molar-refractivity contribution in [3.63, 3.8) is 0 Å². The second-order valence-corrected chi connectivity index (χ2v) is 6.02. The van der Waals surface area contributed by atoms with E-state index in [2.05, 4.69) is 14.5 Å². The molecule has 122 valence electrons. The van der Waals surface area contributed by atoms with E-state index in [0.717, 1.165) is 47.9 Å². The van der Waals surface area contributed by atoms with E-state index in [1.165, 1.54) is 0 Å². The van der Waals surface area contributed by atoms with E-state index in [1.54, 1.807) is 7.11 Å². The maximum Gasteiger partial charge on any atom is 0.269 e. The summed E-state index contributed by atoms with van der Waals surface area (Å²) in [6.45, 7) is 4.52. The monoisotopic (exact) mass is 314 g/mol. The van der Waals surface area contributed by atoms with Gasteiger partial charge in [0.15, 0.2) is 5.69 Å². The number of benzene rings is 1. The molecule has 1 aliphatic heterocycles. The Morgan fingerprint density at radius 3 is 2.78 bits per heavy atom. The van der Waals surface area contributed by atoms with E-state index in [0.29, 0.717) is 12.2 Å². The van der Waals surface area contributed by atoms with Crippen molar-refractivity contribution in [2.45, 2.75) is 26.4 Å². The van der Waals surface area contributed by atoms with Gasteiger partial charge in [-0.15, -0.1) is 0 Å². The zero-order valence-corrected chi connectivity index (χ0v) is 13.8. The van der Waals surface area contributed by atoms with Crippen LogP contribution in [0.5, 0.6) is 5.75 Å². The molecule has 23 heavy (non-hydrogen) atoms. The lowest BCUT2D eigenvalue weighted by molar-refractivity contribution is 0.0994. The highest BCUT2D eigenvalue weighted by atomic mass is 16.5. The molecule has 1 aromatic carbocycles. The van der Waals surface area contributed by atoms with Gasteiger partial charge in [0.05, 0.1) is 12.8 Å². The van der Waals surface area contributed by atoms with Crippen molar-refractivity contribution in [1.29, 1.82) is 0 Å². The molecule has 1 amide bonds. The van der Waals surface area contributed by atoms with Crippen LogP contribution < -0.4 is 10.5 Å². The van der Waals surface area contributed by atoms with Crippen molar-refractivity contribution in [3.05, 3.63) is 35.2 Å². The summed E-state index contributed by atoms with van der Waals surface area (Å²) in [5.41, 5.74) is 8.90. The highest BCUT2D eigenvalue weighted by molar-refractivity contribution is 5.93. The number of nitrogens with two attached hydrogens (primary N) is 1. The van der Waals surface area contributed by atoms with Crippen LogP contribution >= 0.6 is 0 Å². The Kier molecular flexibility index (Phi) is 4.09. The van der Waals surface area contributed by atoms with Crippen molar-refractivity contribution < 1.29 is 9.53 Å². The lowest BCUT2D eigenvalue weighted by Crippen LogP contribution is -2.21. The van der Waals surface area contributed by atoms with Crippen LogP contribution in [0.4, 0.5) is 0 Å². The smallest absolute Gasteiger partial charge is 0.269 e. The molecule has 2 N–H and O–H groups in total. The average molecular weight is 314 g/mol. The average Bonchev–Trinajstić information content (AvgIpc) is 2.74. The SMILES string of the molecule is COc1ccc(-c2nc(C(N)=O)c3n2CCCN(C)C3)c(C)c1. The molecule has 0 atom stereocenters. The summed E-state index contributed by atoms with van der Waals surface area (Å²) in [5.74, 6) is 1.15. The van der Waals surface area contributed by atoms with E-state index < -0.39 is 5.91 Å². The number of aryl methyl sites for hydroxylation is 1. The van der Waals surface area contributed by atoms with E-state index >= 15 is 0 Å². The molecule has 0 radical (unpaired) electrons. The van der Waals surface area contributed by atoms with Gasteiger partial charge in [-0.1, -0.05) is 0 Å². The summed E-state index contributed by atoms with van der Waals surface area (Å²) in [5, 5.41) is 0. The van der Waals surface area contributed by atoms with Crippen LogP contribution in [0.15, 0.2) is 18.2 Å². The molecule has 0 saturated heterocycles. The molecular weight excluding hydrogens is 292 g/mol. The van der Waals surface area contributed by atoms with Gasteiger partial charge in [-0.25, -0.2) is 4.98 Å². The fourth-order valence-electron chi connectivity index (χ4n) is 3.14. The van der Waals surface area contributed by atoms with Crippen molar-refractivity contribution in [3.8, 4) is 17.1 Å². The van der Waals surface area contributed by atoms with Crippen LogP contribution in [0, 0.1) is 6.92 Å². The molecule has 0 bridgehead atoms. The van der Waals surface area contributed by atoms with E-state index in [9.17, 15) is 4.79 Å². The Labute approximate surface area is 135 Å². The van der Waals surface area contributed by atoms with E-state index in [1.807, 2.05) is 32.2 Å². The summed E-state index contributed by atoms with van der Waals surface area (Å²) in [7, 11) is 3.70. The summed E-state index contributed by atoms with van der Waals surface area (Å²) < 4.78 is 7.41. The van der Waals surface area contributed by atoms with Crippen molar-refractivity contribution in [2.24, 2.45) is 5.73 Å². The highest BCUT2D eigenvalue weighted by Crippen LogP contribution is 2.30. The Balaban J connectivity index is 2.17. The fourth-order valence-corrected chi connectivity index (χ4v) is 3.14. The molecular formula is C17H22N4O2. The highest BCUT2D eigenvalue weighted by Gasteiger charge is 2.25. The molecule has 2 aromatic rings. The maximum absolute atomic E-state index is 11.8. The number of carbonyl (C=O) groups is 1. The predicted molar refractivity (Wildman–Crippen MR) is 88.4 cm³/mol. The number of imidazole rings is 1. The molecule has 0 unspecified atom stereocenters. The Bertz CT molecular complexity index is 751. The first kappa shape index (κ1) is 15.6. The largest absolute Gasteiger partial charge is 0.497 e. The van der Waals surface area contributed by atoms with Gasteiger partial charge < -0.3 is 19.9 Å². The second kappa shape index (κ2) is 6.04. The molecule has 6 nitrogen and oxygen atoms in total. The fraction of sp³-hybridized carbons (Fsp3) is 0.412. The number of aromatic nitrogens is 2. The molecule has 0 spiro atoms. The number of carbonyl (C=O) groups excluding carboxylic acids is 1. The molecule has 1 aliphatic rings. The van der Waals surface area contributed by atoms with Crippen LogP contribution in [-0.4, -0.2) is 41.1 Å². The summed E-state index contributed by atoms with van der Waals surface area (Å²) in [6.07, 6.45) is 1.01. The Hall–Kier alpha value is -2.34. The quantitative estimate of drug-likeness (QED) is 0.937. The summed E-state index contributed by atoms with van der Waals surface area (Å²) >= 11 is 0. The van der Waals surface area contributed by atoms with Gasteiger partial charge in [0, 0.05) is 18.7 Å². The minimum absolute atomic E-state index is 0.379. The number of hydrogen-bond donors (Lipinski definition) is 1. The van der Waals surface area contributed by atoms with Crippen molar-refractivity contribution >= 4 is 5.91 Å². The van der Waals surface area contributed by atoms with Gasteiger partial charge in [-0.3, -0.25) is 4.79 Å². The topological polar surface area (TPSA) is 73.4 Å². The first-order chi connectivity index (χ1) is 11.0. The number of primary amides is 1. The number of ether oxygens (including phenoxy) is 1. The molecule has 6 heteroatoms.